The van der Waals surface area contributed by atoms with Gasteiger partial charge in [0.05, 0.1) is 6.54 Å². The molecule has 3 amide bonds. The molecule has 1 aliphatic rings. The van der Waals surface area contributed by atoms with Gasteiger partial charge in [-0.15, -0.1) is 5.10 Å². The first-order chi connectivity index (χ1) is 20.2. The van der Waals surface area contributed by atoms with Crippen molar-refractivity contribution in [3.63, 3.8) is 0 Å². The first-order valence-electron chi connectivity index (χ1n) is 13.4. The van der Waals surface area contributed by atoms with Gasteiger partial charge in [0.25, 0.3) is 11.9 Å². The van der Waals surface area contributed by atoms with Gasteiger partial charge in [-0.2, -0.15) is 18.4 Å². The van der Waals surface area contributed by atoms with Crippen LogP contribution >= 0.6 is 11.8 Å². The predicted octanol–water partition coefficient (Wildman–Crippen LogP) is 7.35. The molecule has 0 bridgehead atoms. The van der Waals surface area contributed by atoms with Crippen molar-refractivity contribution in [1.82, 2.24) is 20.6 Å². The number of hydrogen-bond acceptors (Lipinski definition) is 6. The highest BCUT2D eigenvalue weighted by Crippen LogP contribution is 2.38. The minimum absolute atomic E-state index is 0.0293. The third kappa shape index (κ3) is 7.87. The van der Waals surface area contributed by atoms with Gasteiger partial charge in [-0.1, -0.05) is 54.7 Å². The molecule has 218 valence electrons. The zero-order valence-corrected chi connectivity index (χ0v) is 23.2. The quantitative estimate of drug-likeness (QED) is 0.184. The van der Waals surface area contributed by atoms with Crippen LogP contribution in [0.1, 0.15) is 59.5 Å². The van der Waals surface area contributed by atoms with E-state index >= 15 is 0 Å². The van der Waals surface area contributed by atoms with E-state index in [-0.39, 0.29) is 34.8 Å². The Morgan fingerprint density at radius 1 is 0.952 bits per heavy atom. The molecule has 1 aromatic heterocycles. The Kier molecular flexibility index (Phi) is 9.06. The lowest BCUT2D eigenvalue weighted by atomic mass is 9.84. The van der Waals surface area contributed by atoms with Crippen molar-refractivity contribution < 1.29 is 22.8 Å². The summed E-state index contributed by atoms with van der Waals surface area (Å²) in [5.41, 5.74) is -1.25. The van der Waals surface area contributed by atoms with E-state index in [1.54, 1.807) is 30.3 Å². The van der Waals surface area contributed by atoms with Gasteiger partial charge in [0.1, 0.15) is 0 Å². The standard InChI is InChI=1S/C29H28F3N7O2S/c30-29(31,32)42-25-8-4-7-23(17-25)33-28(41)39(24-15-13-21(14-16-24)20-5-2-1-3-6-20)18-19-9-11-22(12-10-19)26(40)34-27-35-37-38-36-27/h4,7-17,20H,1-3,5-6,18H2,(H,33,41)(H2,34,35,36,37,38,40). The fourth-order valence-corrected chi connectivity index (χ4v) is 5.54. The van der Waals surface area contributed by atoms with Gasteiger partial charge in [0.15, 0.2) is 0 Å². The first kappa shape index (κ1) is 29.1. The molecular formula is C29H28F3N7O2S. The summed E-state index contributed by atoms with van der Waals surface area (Å²) in [6.07, 6.45) is 5.94. The first-order valence-corrected chi connectivity index (χ1v) is 14.2. The van der Waals surface area contributed by atoms with Crippen molar-refractivity contribution in [1.29, 1.82) is 0 Å². The number of tetrazole rings is 1. The van der Waals surface area contributed by atoms with Crippen LogP contribution in [-0.4, -0.2) is 38.1 Å². The second-order valence-corrected chi connectivity index (χ2v) is 11.0. The Morgan fingerprint density at radius 3 is 2.36 bits per heavy atom. The zero-order chi connectivity index (χ0) is 29.5. The largest absolute Gasteiger partial charge is 0.446 e. The van der Waals surface area contributed by atoms with E-state index in [1.807, 2.05) is 24.3 Å². The fourth-order valence-electron chi connectivity index (χ4n) is 4.94. The van der Waals surface area contributed by atoms with Gasteiger partial charge in [-0.3, -0.25) is 15.0 Å². The molecule has 1 heterocycles. The van der Waals surface area contributed by atoms with Gasteiger partial charge in [0, 0.05) is 21.8 Å². The Labute approximate surface area is 244 Å². The molecule has 5 rings (SSSR count). The SMILES string of the molecule is O=C(Nc1nn[nH]n1)c1ccc(CN(C(=O)Nc2cccc(SC(F)(F)F)c2)c2ccc(C3CCCCC3)cc2)cc1. The van der Waals surface area contributed by atoms with Gasteiger partial charge in [0.2, 0.25) is 0 Å². The summed E-state index contributed by atoms with van der Waals surface area (Å²) >= 11 is -0.242. The number of carbonyl (C=O) groups is 2. The normalized spacial score (nSPS) is 13.9. The average Bonchev–Trinajstić information content (AvgIpc) is 3.49. The Morgan fingerprint density at radius 2 is 1.69 bits per heavy atom. The van der Waals surface area contributed by atoms with E-state index in [0.717, 1.165) is 18.4 Å². The number of alkyl halides is 3. The molecule has 0 spiro atoms. The number of amides is 3. The number of aromatic nitrogens is 4. The Balaban J connectivity index is 1.35. The summed E-state index contributed by atoms with van der Waals surface area (Å²) in [5.74, 6) is 0.115. The molecule has 3 aromatic carbocycles. The summed E-state index contributed by atoms with van der Waals surface area (Å²) < 4.78 is 38.7. The molecule has 4 aromatic rings. The van der Waals surface area contributed by atoms with Crippen LogP contribution < -0.4 is 15.5 Å². The molecule has 13 heteroatoms. The van der Waals surface area contributed by atoms with Crippen LogP contribution in [-0.2, 0) is 6.54 Å². The molecular weight excluding hydrogens is 567 g/mol. The number of carbonyl (C=O) groups excluding carboxylic acids is 2. The predicted molar refractivity (Wildman–Crippen MR) is 154 cm³/mol. The smallest absolute Gasteiger partial charge is 0.307 e. The minimum Gasteiger partial charge on any atom is -0.307 e. The average molecular weight is 596 g/mol. The third-order valence-electron chi connectivity index (χ3n) is 6.97. The van der Waals surface area contributed by atoms with Crippen LogP contribution in [0.3, 0.4) is 0 Å². The lowest BCUT2D eigenvalue weighted by molar-refractivity contribution is -0.0328. The molecule has 42 heavy (non-hydrogen) atoms. The Bertz CT molecular complexity index is 1490. The Hall–Kier alpha value is -4.39. The number of anilines is 3. The van der Waals surface area contributed by atoms with E-state index in [0.29, 0.717) is 17.2 Å². The summed E-state index contributed by atoms with van der Waals surface area (Å²) in [6.45, 7) is 0.151. The number of H-pyrrole nitrogens is 1. The highest BCUT2D eigenvalue weighted by atomic mass is 32.2. The summed E-state index contributed by atoms with van der Waals surface area (Å²) in [7, 11) is 0. The van der Waals surface area contributed by atoms with Crippen LogP contribution in [0.15, 0.2) is 77.7 Å². The van der Waals surface area contributed by atoms with Crippen LogP contribution in [0.25, 0.3) is 0 Å². The van der Waals surface area contributed by atoms with E-state index in [9.17, 15) is 22.8 Å². The summed E-state index contributed by atoms with van der Waals surface area (Å²) in [5, 5.41) is 18.3. The number of urea groups is 1. The van der Waals surface area contributed by atoms with Crippen LogP contribution in [0, 0.1) is 0 Å². The number of thioether (sulfide) groups is 1. The van der Waals surface area contributed by atoms with Crippen molar-refractivity contribution in [2.24, 2.45) is 0 Å². The molecule has 1 saturated carbocycles. The van der Waals surface area contributed by atoms with Gasteiger partial charge in [-0.05, 0) is 89.3 Å². The fraction of sp³-hybridized carbons (Fsp3) is 0.276. The monoisotopic (exact) mass is 595 g/mol. The highest BCUT2D eigenvalue weighted by molar-refractivity contribution is 8.00. The molecule has 9 nitrogen and oxygen atoms in total. The molecule has 0 atom stereocenters. The number of halogens is 3. The summed E-state index contributed by atoms with van der Waals surface area (Å²) in [4.78, 5) is 27.5. The highest BCUT2D eigenvalue weighted by Gasteiger charge is 2.29. The second-order valence-electron chi connectivity index (χ2n) is 9.90. The number of hydrogen-bond donors (Lipinski definition) is 3. The number of benzene rings is 3. The minimum atomic E-state index is -4.44. The molecule has 0 saturated heterocycles. The maximum atomic E-state index is 13.6. The van der Waals surface area contributed by atoms with Crippen molar-refractivity contribution >= 4 is 41.0 Å². The lowest BCUT2D eigenvalue weighted by Crippen LogP contribution is -2.34. The number of nitrogens with one attached hydrogen (secondary N) is 3. The molecule has 1 fully saturated rings. The number of nitrogens with zero attached hydrogens (tertiary/aromatic N) is 4. The van der Waals surface area contributed by atoms with Crippen LogP contribution in [0.2, 0.25) is 0 Å². The topological polar surface area (TPSA) is 116 Å². The number of rotatable bonds is 8. The zero-order valence-electron chi connectivity index (χ0n) is 22.4. The third-order valence-corrected chi connectivity index (χ3v) is 7.69. The van der Waals surface area contributed by atoms with Crippen molar-refractivity contribution in [2.75, 3.05) is 15.5 Å². The molecule has 0 unspecified atom stereocenters. The van der Waals surface area contributed by atoms with E-state index in [1.165, 1.54) is 47.9 Å². The summed E-state index contributed by atoms with van der Waals surface area (Å²) in [6, 6.07) is 19.7. The van der Waals surface area contributed by atoms with Crippen molar-refractivity contribution in [2.45, 2.75) is 55.0 Å². The molecule has 0 radical (unpaired) electrons. The number of aromatic amines is 1. The van der Waals surface area contributed by atoms with E-state index in [4.69, 9.17) is 0 Å². The molecule has 3 N–H and O–H groups in total. The van der Waals surface area contributed by atoms with Gasteiger partial charge < -0.3 is 5.32 Å². The van der Waals surface area contributed by atoms with Crippen molar-refractivity contribution in [3.8, 4) is 0 Å². The lowest BCUT2D eigenvalue weighted by Gasteiger charge is -2.26. The maximum Gasteiger partial charge on any atom is 0.446 e. The molecule has 0 aliphatic heterocycles. The van der Waals surface area contributed by atoms with Gasteiger partial charge in [-0.25, -0.2) is 4.79 Å². The van der Waals surface area contributed by atoms with E-state index in [2.05, 4.69) is 31.3 Å². The van der Waals surface area contributed by atoms with Crippen molar-refractivity contribution in [3.05, 3.63) is 89.5 Å². The second kappa shape index (κ2) is 13.1. The van der Waals surface area contributed by atoms with Crippen LogP contribution in [0.5, 0.6) is 0 Å². The van der Waals surface area contributed by atoms with Gasteiger partial charge >= 0.3 is 11.5 Å². The van der Waals surface area contributed by atoms with Crippen LogP contribution in [0.4, 0.5) is 35.3 Å². The van der Waals surface area contributed by atoms with E-state index < -0.39 is 17.4 Å². The molecule has 1 aliphatic carbocycles. The maximum absolute atomic E-state index is 13.6.